The van der Waals surface area contributed by atoms with Crippen LogP contribution < -0.4 is 9.47 Å². The quantitative estimate of drug-likeness (QED) is 0.606. The first-order valence-corrected chi connectivity index (χ1v) is 10.2. The van der Waals surface area contributed by atoms with Crippen molar-refractivity contribution in [2.75, 3.05) is 20.8 Å². The summed E-state index contributed by atoms with van der Waals surface area (Å²) in [5, 5.41) is 8.11. The normalized spacial score (nSPS) is 15.6. The number of nitrogens with zero attached hydrogens (tertiary/aromatic N) is 2. The monoisotopic (exact) mass is 425 g/mol. The van der Waals surface area contributed by atoms with Gasteiger partial charge in [-0.1, -0.05) is 43.6 Å². The van der Waals surface area contributed by atoms with Gasteiger partial charge >= 0.3 is 0 Å². The first-order valence-electron chi connectivity index (χ1n) is 9.81. The molecule has 1 aromatic heterocycles. The third kappa shape index (κ3) is 3.41. The molecule has 1 amide bonds. The van der Waals surface area contributed by atoms with Gasteiger partial charge in [-0.15, -0.1) is 0 Å². The van der Waals surface area contributed by atoms with E-state index in [0.717, 1.165) is 22.4 Å². The van der Waals surface area contributed by atoms with Crippen molar-refractivity contribution in [1.82, 2.24) is 15.1 Å². The number of hydrogen-bond acceptors (Lipinski definition) is 4. The van der Waals surface area contributed by atoms with Crippen LogP contribution in [0.25, 0.3) is 11.3 Å². The number of halogens is 1. The number of fused-ring (bicyclic) bond motifs is 1. The second-order valence-corrected chi connectivity index (χ2v) is 8.17. The minimum atomic E-state index is -0.279. The molecule has 3 aromatic rings. The highest BCUT2D eigenvalue weighted by molar-refractivity contribution is 6.30. The van der Waals surface area contributed by atoms with E-state index in [9.17, 15) is 4.79 Å². The summed E-state index contributed by atoms with van der Waals surface area (Å²) in [6.07, 6.45) is 0. The van der Waals surface area contributed by atoms with Crippen molar-refractivity contribution < 1.29 is 14.3 Å². The molecule has 6 nitrogen and oxygen atoms in total. The molecule has 1 atom stereocenters. The standard InChI is InChI=1S/C23H24ClN3O3/c1-13(2)12-27-22(15-7-10-17(29-3)18(11-15)30-4)19-20(25-26-21(19)23(27)28)14-5-8-16(24)9-6-14/h5-11,13,22H,12H2,1-4H3,(H,25,26). The highest BCUT2D eigenvalue weighted by atomic mass is 35.5. The zero-order valence-electron chi connectivity index (χ0n) is 17.4. The maximum Gasteiger partial charge on any atom is 0.273 e. The van der Waals surface area contributed by atoms with Gasteiger partial charge in [-0.3, -0.25) is 9.89 Å². The molecule has 0 radical (unpaired) electrons. The van der Waals surface area contributed by atoms with Crippen LogP contribution in [0.5, 0.6) is 11.5 Å². The van der Waals surface area contributed by atoms with E-state index in [1.807, 2.05) is 47.4 Å². The molecule has 2 aromatic carbocycles. The van der Waals surface area contributed by atoms with Gasteiger partial charge in [0.05, 0.1) is 26.0 Å². The van der Waals surface area contributed by atoms with E-state index in [0.29, 0.717) is 34.7 Å². The summed E-state index contributed by atoms with van der Waals surface area (Å²) in [6.45, 7) is 4.83. The number of carbonyl (C=O) groups excluding carboxylic acids is 1. The molecule has 0 bridgehead atoms. The molecule has 0 saturated heterocycles. The molecule has 0 saturated carbocycles. The second kappa shape index (κ2) is 8.03. The van der Waals surface area contributed by atoms with E-state index in [1.54, 1.807) is 14.2 Å². The summed E-state index contributed by atoms with van der Waals surface area (Å²) >= 11 is 6.06. The van der Waals surface area contributed by atoms with Crippen LogP contribution in [0.1, 0.15) is 41.5 Å². The van der Waals surface area contributed by atoms with Crippen LogP contribution in [0.15, 0.2) is 42.5 Å². The van der Waals surface area contributed by atoms with E-state index >= 15 is 0 Å². The van der Waals surface area contributed by atoms with Crippen LogP contribution in [-0.4, -0.2) is 41.8 Å². The summed E-state index contributed by atoms with van der Waals surface area (Å²) in [4.78, 5) is 15.2. The number of amides is 1. The number of H-pyrrole nitrogens is 1. The summed E-state index contributed by atoms with van der Waals surface area (Å²) in [5.74, 6) is 1.53. The van der Waals surface area contributed by atoms with Gasteiger partial charge in [0.1, 0.15) is 5.69 Å². The molecule has 0 spiro atoms. The molecule has 1 aliphatic rings. The number of methoxy groups -OCH3 is 2. The minimum Gasteiger partial charge on any atom is -0.493 e. The number of rotatable bonds is 6. The fraction of sp³-hybridized carbons (Fsp3) is 0.304. The third-order valence-electron chi connectivity index (χ3n) is 5.27. The van der Waals surface area contributed by atoms with Crippen LogP contribution in [0, 0.1) is 5.92 Å². The highest BCUT2D eigenvalue weighted by Gasteiger charge is 2.42. The van der Waals surface area contributed by atoms with Crippen molar-refractivity contribution in [1.29, 1.82) is 0 Å². The fourth-order valence-electron chi connectivity index (χ4n) is 3.98. The highest BCUT2D eigenvalue weighted by Crippen LogP contribution is 2.44. The molecule has 1 unspecified atom stereocenters. The third-order valence-corrected chi connectivity index (χ3v) is 5.52. The Morgan fingerprint density at radius 2 is 1.80 bits per heavy atom. The lowest BCUT2D eigenvalue weighted by Crippen LogP contribution is -2.32. The van der Waals surface area contributed by atoms with Crippen LogP contribution >= 0.6 is 11.6 Å². The first kappa shape index (κ1) is 20.3. The number of aromatic nitrogens is 2. The van der Waals surface area contributed by atoms with E-state index < -0.39 is 0 Å². The van der Waals surface area contributed by atoms with Gasteiger partial charge in [-0.2, -0.15) is 5.10 Å². The summed E-state index contributed by atoms with van der Waals surface area (Å²) < 4.78 is 10.9. The molecular formula is C23H24ClN3O3. The predicted octanol–water partition coefficient (Wildman–Crippen LogP) is 4.95. The van der Waals surface area contributed by atoms with Crippen molar-refractivity contribution in [2.24, 2.45) is 5.92 Å². The maximum atomic E-state index is 13.3. The van der Waals surface area contributed by atoms with Gasteiger partial charge in [0.2, 0.25) is 0 Å². The fourth-order valence-corrected chi connectivity index (χ4v) is 4.10. The topological polar surface area (TPSA) is 67.5 Å². The lowest BCUT2D eigenvalue weighted by molar-refractivity contribution is 0.0722. The summed E-state index contributed by atoms with van der Waals surface area (Å²) in [7, 11) is 3.21. The molecule has 1 aliphatic heterocycles. The molecule has 1 N–H and O–H groups in total. The molecule has 0 aliphatic carbocycles. The average molecular weight is 426 g/mol. The van der Waals surface area contributed by atoms with Crippen molar-refractivity contribution in [3.05, 3.63) is 64.3 Å². The Labute approximate surface area is 180 Å². The van der Waals surface area contributed by atoms with E-state index in [2.05, 4.69) is 24.0 Å². The number of ether oxygens (including phenoxy) is 2. The number of nitrogens with one attached hydrogen (secondary N) is 1. The lowest BCUT2D eigenvalue weighted by atomic mass is 9.95. The van der Waals surface area contributed by atoms with Gasteiger partial charge in [-0.25, -0.2) is 0 Å². The largest absolute Gasteiger partial charge is 0.493 e. The Balaban J connectivity index is 1.88. The number of carbonyl (C=O) groups is 1. The predicted molar refractivity (Wildman–Crippen MR) is 116 cm³/mol. The van der Waals surface area contributed by atoms with Crippen LogP contribution in [0.3, 0.4) is 0 Å². The molecular weight excluding hydrogens is 402 g/mol. The summed E-state index contributed by atoms with van der Waals surface area (Å²) in [5.41, 5.74) is 4.00. The van der Waals surface area contributed by atoms with Crippen LogP contribution in [0.2, 0.25) is 5.02 Å². The van der Waals surface area contributed by atoms with Crippen LogP contribution in [-0.2, 0) is 0 Å². The summed E-state index contributed by atoms with van der Waals surface area (Å²) in [6, 6.07) is 13.0. The second-order valence-electron chi connectivity index (χ2n) is 7.74. The maximum absolute atomic E-state index is 13.3. The van der Waals surface area contributed by atoms with Crippen molar-refractivity contribution in [3.63, 3.8) is 0 Å². The molecule has 7 heteroatoms. The van der Waals surface area contributed by atoms with Gasteiger partial charge in [-0.05, 0) is 35.7 Å². The average Bonchev–Trinajstić information content (AvgIpc) is 3.27. The lowest BCUT2D eigenvalue weighted by Gasteiger charge is -2.28. The van der Waals surface area contributed by atoms with Crippen molar-refractivity contribution >= 4 is 17.5 Å². The van der Waals surface area contributed by atoms with E-state index in [1.165, 1.54) is 0 Å². The van der Waals surface area contributed by atoms with Crippen molar-refractivity contribution in [2.45, 2.75) is 19.9 Å². The molecule has 156 valence electrons. The Bertz CT molecular complexity index is 1080. The molecule has 30 heavy (non-hydrogen) atoms. The molecule has 4 rings (SSSR count). The number of aromatic amines is 1. The SMILES string of the molecule is COc1ccc(C2c3c(-c4ccc(Cl)cc4)n[nH]c3C(=O)N2CC(C)C)cc1OC. The molecule has 0 fully saturated rings. The minimum absolute atomic E-state index is 0.0498. The van der Waals surface area contributed by atoms with Crippen LogP contribution in [0.4, 0.5) is 0 Å². The Kier molecular flexibility index (Phi) is 5.43. The molecule has 2 heterocycles. The zero-order valence-corrected chi connectivity index (χ0v) is 18.2. The van der Waals surface area contributed by atoms with Gasteiger partial charge < -0.3 is 14.4 Å². The smallest absolute Gasteiger partial charge is 0.273 e. The number of hydrogen-bond donors (Lipinski definition) is 1. The van der Waals surface area contributed by atoms with Gasteiger partial charge in [0.15, 0.2) is 11.5 Å². The van der Waals surface area contributed by atoms with Gasteiger partial charge in [0.25, 0.3) is 5.91 Å². The Morgan fingerprint density at radius 3 is 2.43 bits per heavy atom. The van der Waals surface area contributed by atoms with E-state index in [-0.39, 0.29) is 11.9 Å². The van der Waals surface area contributed by atoms with Gasteiger partial charge in [0, 0.05) is 22.7 Å². The first-order chi connectivity index (χ1) is 14.4. The van der Waals surface area contributed by atoms with E-state index in [4.69, 9.17) is 21.1 Å². The van der Waals surface area contributed by atoms with Crippen molar-refractivity contribution in [3.8, 4) is 22.8 Å². The Morgan fingerprint density at radius 1 is 1.10 bits per heavy atom. The Hall–Kier alpha value is -2.99. The zero-order chi connectivity index (χ0) is 21.4. The number of benzene rings is 2.